The largest absolute Gasteiger partial charge is 0.456 e. The summed E-state index contributed by atoms with van der Waals surface area (Å²) in [6.07, 6.45) is 11.8. The average molecular weight is 365 g/mol. The van der Waals surface area contributed by atoms with E-state index >= 15 is 0 Å². The molecule has 142 valence electrons. The number of anilines is 1. The quantitative estimate of drug-likeness (QED) is 0.841. The van der Waals surface area contributed by atoms with Gasteiger partial charge in [-0.05, 0) is 68.6 Å². The van der Waals surface area contributed by atoms with Gasteiger partial charge in [0, 0.05) is 17.9 Å². The Morgan fingerprint density at radius 1 is 1.00 bits per heavy atom. The molecule has 27 heavy (non-hydrogen) atoms. The molecule has 1 saturated carbocycles. The molecule has 1 saturated heterocycles. The first kappa shape index (κ1) is 18.0. The number of carbonyl (C=O) groups is 1. The molecule has 4 rings (SSSR count). The van der Waals surface area contributed by atoms with Gasteiger partial charge in [0.25, 0.3) is 0 Å². The second-order valence-corrected chi connectivity index (χ2v) is 7.49. The number of ether oxygens (including phenoxy) is 1. The maximum Gasteiger partial charge on any atom is 0.241 e. The Morgan fingerprint density at radius 3 is 2.52 bits per heavy atom. The Balaban J connectivity index is 1.38. The van der Waals surface area contributed by atoms with E-state index in [0.717, 1.165) is 30.8 Å². The summed E-state index contributed by atoms with van der Waals surface area (Å²) in [6, 6.07) is 11.8. The minimum atomic E-state index is 0.00756. The molecule has 5 heteroatoms. The van der Waals surface area contributed by atoms with Crippen molar-refractivity contribution in [3.05, 3.63) is 48.8 Å². The third-order valence-electron chi connectivity index (χ3n) is 5.63. The number of amides is 1. The minimum absolute atomic E-state index is 0.00756. The van der Waals surface area contributed by atoms with Crippen LogP contribution in [0.4, 0.5) is 5.69 Å². The average Bonchev–Trinajstić information content (AvgIpc) is 3.25. The minimum Gasteiger partial charge on any atom is -0.456 e. The van der Waals surface area contributed by atoms with Gasteiger partial charge in [-0.25, -0.2) is 0 Å². The highest BCUT2D eigenvalue weighted by Gasteiger charge is 2.34. The first-order valence-corrected chi connectivity index (χ1v) is 10.0. The molecule has 1 atom stereocenters. The maximum atomic E-state index is 12.9. The topological polar surface area (TPSA) is 54.5 Å². The van der Waals surface area contributed by atoms with Crippen LogP contribution >= 0.6 is 0 Å². The van der Waals surface area contributed by atoms with Gasteiger partial charge in [0.1, 0.15) is 11.5 Å². The zero-order valence-corrected chi connectivity index (χ0v) is 15.6. The second kappa shape index (κ2) is 8.53. The van der Waals surface area contributed by atoms with Crippen LogP contribution in [0.5, 0.6) is 11.5 Å². The molecular weight excluding hydrogens is 338 g/mol. The Labute approximate surface area is 160 Å². The molecule has 0 spiro atoms. The van der Waals surface area contributed by atoms with Crippen LogP contribution in [0.25, 0.3) is 0 Å². The van der Waals surface area contributed by atoms with Gasteiger partial charge in [0.2, 0.25) is 5.91 Å². The summed E-state index contributed by atoms with van der Waals surface area (Å²) >= 11 is 0. The molecule has 2 fully saturated rings. The van der Waals surface area contributed by atoms with Crippen LogP contribution in [0.1, 0.15) is 44.9 Å². The van der Waals surface area contributed by atoms with E-state index in [1.165, 1.54) is 32.1 Å². The number of benzene rings is 1. The summed E-state index contributed by atoms with van der Waals surface area (Å²) in [6.45, 7) is 1.06. The highest BCUT2D eigenvalue weighted by molar-refractivity contribution is 5.95. The summed E-state index contributed by atoms with van der Waals surface area (Å²) < 4.78 is 5.76. The zero-order chi connectivity index (χ0) is 18.5. The van der Waals surface area contributed by atoms with Crippen molar-refractivity contribution in [3.63, 3.8) is 0 Å². The molecule has 2 heterocycles. The van der Waals surface area contributed by atoms with E-state index in [4.69, 9.17) is 4.74 Å². The van der Waals surface area contributed by atoms with Gasteiger partial charge in [-0.1, -0.05) is 19.3 Å². The van der Waals surface area contributed by atoms with E-state index in [0.29, 0.717) is 11.8 Å². The summed E-state index contributed by atoms with van der Waals surface area (Å²) in [5.41, 5.74) is 0.815. The van der Waals surface area contributed by atoms with Crippen molar-refractivity contribution in [2.24, 2.45) is 0 Å². The molecule has 0 radical (unpaired) electrons. The van der Waals surface area contributed by atoms with Crippen molar-refractivity contribution in [1.29, 1.82) is 0 Å². The van der Waals surface area contributed by atoms with Gasteiger partial charge in [0.15, 0.2) is 0 Å². The second-order valence-electron chi connectivity index (χ2n) is 7.49. The van der Waals surface area contributed by atoms with Crippen molar-refractivity contribution in [2.45, 2.75) is 57.0 Å². The van der Waals surface area contributed by atoms with Gasteiger partial charge in [-0.3, -0.25) is 14.7 Å². The van der Waals surface area contributed by atoms with Crippen molar-refractivity contribution < 1.29 is 9.53 Å². The fourth-order valence-corrected chi connectivity index (χ4v) is 4.28. The molecule has 1 aliphatic heterocycles. The fraction of sp³-hybridized carbons (Fsp3) is 0.455. The Hall–Kier alpha value is -2.40. The smallest absolute Gasteiger partial charge is 0.241 e. The molecule has 2 aromatic rings. The highest BCUT2D eigenvalue weighted by Crippen LogP contribution is 2.30. The molecule has 1 amide bonds. The molecule has 5 nitrogen and oxygen atoms in total. The lowest BCUT2D eigenvalue weighted by molar-refractivity contribution is -0.123. The van der Waals surface area contributed by atoms with Gasteiger partial charge in [-0.15, -0.1) is 0 Å². The zero-order valence-electron chi connectivity index (χ0n) is 15.6. The summed E-state index contributed by atoms with van der Waals surface area (Å²) in [5, 5.41) is 3.11. The van der Waals surface area contributed by atoms with E-state index in [9.17, 15) is 4.79 Å². The van der Waals surface area contributed by atoms with E-state index in [1.54, 1.807) is 12.4 Å². The molecule has 0 unspecified atom stereocenters. The van der Waals surface area contributed by atoms with Gasteiger partial charge in [0.05, 0.1) is 12.2 Å². The van der Waals surface area contributed by atoms with E-state index < -0.39 is 0 Å². The SMILES string of the molecule is O=C(Nc1ccc(Oc2cccnc2)cc1)[C@@H]1CCCCN1C1CCCC1. The van der Waals surface area contributed by atoms with Crippen LogP contribution in [0.2, 0.25) is 0 Å². The molecule has 1 N–H and O–H groups in total. The number of likely N-dealkylation sites (tertiary alicyclic amines) is 1. The summed E-state index contributed by atoms with van der Waals surface area (Å²) in [4.78, 5) is 19.4. The third kappa shape index (κ3) is 4.48. The van der Waals surface area contributed by atoms with Gasteiger partial charge in [-0.2, -0.15) is 0 Å². The van der Waals surface area contributed by atoms with E-state index in [-0.39, 0.29) is 11.9 Å². The number of piperidine rings is 1. The lowest BCUT2D eigenvalue weighted by atomic mass is 9.98. The number of hydrogen-bond acceptors (Lipinski definition) is 4. The van der Waals surface area contributed by atoms with Crippen molar-refractivity contribution in [1.82, 2.24) is 9.88 Å². The van der Waals surface area contributed by atoms with Crippen LogP contribution in [-0.2, 0) is 4.79 Å². The number of aromatic nitrogens is 1. The fourth-order valence-electron chi connectivity index (χ4n) is 4.28. The summed E-state index contributed by atoms with van der Waals surface area (Å²) in [5.74, 6) is 1.55. The maximum absolute atomic E-state index is 12.9. The number of hydrogen-bond donors (Lipinski definition) is 1. The predicted octanol–water partition coefficient (Wildman–Crippen LogP) is 4.61. The Morgan fingerprint density at radius 2 is 1.78 bits per heavy atom. The van der Waals surface area contributed by atoms with Crippen LogP contribution in [0.15, 0.2) is 48.8 Å². The van der Waals surface area contributed by atoms with E-state index in [2.05, 4.69) is 15.2 Å². The van der Waals surface area contributed by atoms with E-state index in [1.807, 2.05) is 36.4 Å². The molecule has 2 aliphatic rings. The molecule has 1 aliphatic carbocycles. The number of pyridine rings is 1. The molecular formula is C22H27N3O2. The highest BCUT2D eigenvalue weighted by atomic mass is 16.5. The number of nitrogens with one attached hydrogen (secondary N) is 1. The molecule has 0 bridgehead atoms. The van der Waals surface area contributed by atoms with Crippen LogP contribution in [0, 0.1) is 0 Å². The Bertz CT molecular complexity index is 742. The first-order chi connectivity index (χ1) is 13.3. The monoisotopic (exact) mass is 365 g/mol. The lowest BCUT2D eigenvalue weighted by Gasteiger charge is -2.38. The molecule has 1 aromatic carbocycles. The van der Waals surface area contributed by atoms with Crippen LogP contribution in [0.3, 0.4) is 0 Å². The molecule has 1 aromatic heterocycles. The number of nitrogens with zero attached hydrogens (tertiary/aromatic N) is 2. The standard InChI is InChI=1S/C22H27N3O2/c26-22(21-9-3-4-15-25(21)18-6-1-2-7-18)24-17-10-12-19(13-11-17)27-20-8-5-14-23-16-20/h5,8,10-14,16,18,21H,1-4,6-7,9,15H2,(H,24,26)/t21-/m0/s1. The van der Waals surface area contributed by atoms with Crippen LogP contribution < -0.4 is 10.1 Å². The number of rotatable bonds is 5. The summed E-state index contributed by atoms with van der Waals surface area (Å²) in [7, 11) is 0. The predicted molar refractivity (Wildman–Crippen MR) is 106 cm³/mol. The van der Waals surface area contributed by atoms with Crippen LogP contribution in [-0.4, -0.2) is 34.4 Å². The third-order valence-corrected chi connectivity index (χ3v) is 5.63. The first-order valence-electron chi connectivity index (χ1n) is 10.0. The van der Waals surface area contributed by atoms with Gasteiger partial charge < -0.3 is 10.1 Å². The normalized spacial score (nSPS) is 21.1. The van der Waals surface area contributed by atoms with Crippen molar-refractivity contribution in [3.8, 4) is 11.5 Å². The Kier molecular flexibility index (Phi) is 5.68. The number of carbonyl (C=O) groups excluding carboxylic acids is 1. The van der Waals surface area contributed by atoms with Gasteiger partial charge >= 0.3 is 0 Å². The van der Waals surface area contributed by atoms with Crippen molar-refractivity contribution in [2.75, 3.05) is 11.9 Å². The lowest BCUT2D eigenvalue weighted by Crippen LogP contribution is -2.51. The van der Waals surface area contributed by atoms with Crippen molar-refractivity contribution >= 4 is 11.6 Å².